The standard InChI is InChI=1S/C26H23ClN2O4/c1-3-32-24-13-10-17(14-20(24)27)21-15-22-19-6-4-5-7-23(19)33-26(29(22)28-21)25(30)16-8-11-18(31-2)12-9-16/h4-14,22,26H,3,15H2,1-2H3/t22-,26+/m0/s1. The molecule has 3 aromatic rings. The Bertz CT molecular complexity index is 1230. The van der Waals surface area contributed by atoms with Crippen molar-refractivity contribution >= 4 is 23.1 Å². The number of para-hydroxylation sites is 1. The van der Waals surface area contributed by atoms with Crippen molar-refractivity contribution in [2.75, 3.05) is 13.7 Å². The molecule has 0 bridgehead atoms. The Balaban J connectivity index is 1.51. The summed E-state index contributed by atoms with van der Waals surface area (Å²) in [6.07, 6.45) is -0.231. The second kappa shape index (κ2) is 8.79. The summed E-state index contributed by atoms with van der Waals surface area (Å²) in [6, 6.07) is 20.4. The first-order valence-electron chi connectivity index (χ1n) is 10.8. The highest BCUT2D eigenvalue weighted by Crippen LogP contribution is 2.44. The van der Waals surface area contributed by atoms with Crippen LogP contribution in [-0.4, -0.2) is 36.4 Å². The third-order valence-electron chi connectivity index (χ3n) is 5.86. The van der Waals surface area contributed by atoms with Crippen molar-refractivity contribution in [1.82, 2.24) is 5.01 Å². The van der Waals surface area contributed by atoms with Gasteiger partial charge in [-0.15, -0.1) is 0 Å². The molecular formula is C26H23ClN2O4. The van der Waals surface area contributed by atoms with E-state index in [9.17, 15) is 4.79 Å². The number of nitrogens with zero attached hydrogens (tertiary/aromatic N) is 2. The lowest BCUT2D eigenvalue weighted by molar-refractivity contribution is -0.00455. The fourth-order valence-electron chi connectivity index (χ4n) is 4.23. The van der Waals surface area contributed by atoms with Crippen molar-refractivity contribution in [3.05, 3.63) is 88.4 Å². The van der Waals surface area contributed by atoms with Gasteiger partial charge >= 0.3 is 0 Å². The van der Waals surface area contributed by atoms with E-state index in [1.54, 1.807) is 36.4 Å². The van der Waals surface area contributed by atoms with Crippen LogP contribution in [-0.2, 0) is 0 Å². The van der Waals surface area contributed by atoms with Gasteiger partial charge in [-0.25, -0.2) is 5.01 Å². The van der Waals surface area contributed by atoms with Gasteiger partial charge in [0.05, 0.1) is 30.5 Å². The fraction of sp³-hybridized carbons (Fsp3) is 0.231. The Morgan fingerprint density at radius 1 is 1.15 bits per heavy atom. The SMILES string of the molecule is CCOc1ccc(C2=NN3[C@@H](C(=O)c4ccc(OC)cc4)Oc4ccccc4[C@@H]3C2)cc1Cl. The van der Waals surface area contributed by atoms with Crippen molar-refractivity contribution in [1.29, 1.82) is 0 Å². The molecule has 0 saturated heterocycles. The molecule has 33 heavy (non-hydrogen) atoms. The number of rotatable bonds is 6. The Morgan fingerprint density at radius 3 is 2.67 bits per heavy atom. The smallest absolute Gasteiger partial charge is 0.251 e. The van der Waals surface area contributed by atoms with Crippen LogP contribution < -0.4 is 14.2 Å². The summed E-state index contributed by atoms with van der Waals surface area (Å²) in [5.41, 5.74) is 3.28. The average molecular weight is 463 g/mol. The highest BCUT2D eigenvalue weighted by Gasteiger charge is 2.43. The van der Waals surface area contributed by atoms with Gasteiger partial charge in [-0.3, -0.25) is 4.79 Å². The van der Waals surface area contributed by atoms with E-state index >= 15 is 0 Å². The lowest BCUT2D eigenvalue weighted by atomic mass is 9.95. The highest BCUT2D eigenvalue weighted by atomic mass is 35.5. The predicted molar refractivity (Wildman–Crippen MR) is 127 cm³/mol. The molecule has 0 radical (unpaired) electrons. The maximum atomic E-state index is 13.5. The number of hydrogen-bond acceptors (Lipinski definition) is 6. The molecule has 5 rings (SSSR count). The molecule has 0 fully saturated rings. The molecular weight excluding hydrogens is 440 g/mol. The number of hydrazone groups is 1. The number of benzene rings is 3. The minimum Gasteiger partial charge on any atom is -0.497 e. The number of Topliss-reactive ketones (excluding diaryl/α,β-unsaturated/α-hetero) is 1. The summed E-state index contributed by atoms with van der Waals surface area (Å²) < 4.78 is 16.9. The average Bonchev–Trinajstić information content (AvgIpc) is 3.30. The molecule has 2 atom stereocenters. The molecule has 0 N–H and O–H groups in total. The zero-order valence-corrected chi connectivity index (χ0v) is 19.1. The first kappa shape index (κ1) is 21.3. The second-order valence-electron chi connectivity index (χ2n) is 7.83. The van der Waals surface area contributed by atoms with E-state index in [2.05, 4.69) is 0 Å². The third-order valence-corrected chi connectivity index (χ3v) is 6.16. The molecule has 168 valence electrons. The number of halogens is 1. The van der Waals surface area contributed by atoms with Crippen LogP contribution in [0.25, 0.3) is 0 Å². The first-order chi connectivity index (χ1) is 16.1. The van der Waals surface area contributed by atoms with Crippen molar-refractivity contribution in [2.24, 2.45) is 5.10 Å². The minimum absolute atomic E-state index is 0.109. The summed E-state index contributed by atoms with van der Waals surface area (Å²) in [4.78, 5) is 13.5. The molecule has 0 amide bonds. The monoisotopic (exact) mass is 462 g/mol. The largest absolute Gasteiger partial charge is 0.497 e. The van der Waals surface area contributed by atoms with E-state index in [1.807, 2.05) is 49.4 Å². The number of ketones is 1. The molecule has 0 unspecified atom stereocenters. The summed E-state index contributed by atoms with van der Waals surface area (Å²) >= 11 is 6.42. The Morgan fingerprint density at radius 2 is 1.94 bits per heavy atom. The quantitative estimate of drug-likeness (QED) is 0.453. The van der Waals surface area contributed by atoms with Crippen LogP contribution in [0.2, 0.25) is 5.02 Å². The van der Waals surface area contributed by atoms with Crippen LogP contribution in [0.5, 0.6) is 17.2 Å². The molecule has 2 aliphatic heterocycles. The summed E-state index contributed by atoms with van der Waals surface area (Å²) in [7, 11) is 1.59. The zero-order valence-electron chi connectivity index (χ0n) is 18.3. The van der Waals surface area contributed by atoms with Gasteiger partial charge in [-0.2, -0.15) is 5.10 Å². The van der Waals surface area contributed by atoms with Crippen molar-refractivity contribution in [3.8, 4) is 17.2 Å². The van der Waals surface area contributed by atoms with Gasteiger partial charge in [-0.1, -0.05) is 29.8 Å². The summed E-state index contributed by atoms with van der Waals surface area (Å²) in [5, 5.41) is 7.14. The van der Waals surface area contributed by atoms with E-state index in [0.29, 0.717) is 40.9 Å². The highest BCUT2D eigenvalue weighted by molar-refractivity contribution is 6.32. The van der Waals surface area contributed by atoms with E-state index in [1.165, 1.54) is 0 Å². The second-order valence-corrected chi connectivity index (χ2v) is 8.23. The van der Waals surface area contributed by atoms with Crippen LogP contribution in [0, 0.1) is 0 Å². The van der Waals surface area contributed by atoms with Crippen LogP contribution in [0.3, 0.4) is 0 Å². The van der Waals surface area contributed by atoms with Crippen molar-refractivity contribution < 1.29 is 19.0 Å². The maximum Gasteiger partial charge on any atom is 0.251 e. The van der Waals surface area contributed by atoms with E-state index in [0.717, 1.165) is 16.8 Å². The van der Waals surface area contributed by atoms with Crippen molar-refractivity contribution in [3.63, 3.8) is 0 Å². The molecule has 0 aromatic heterocycles. The number of fused-ring (bicyclic) bond motifs is 3. The van der Waals surface area contributed by atoms with Crippen LogP contribution in [0.15, 0.2) is 71.8 Å². The van der Waals surface area contributed by atoms with Crippen molar-refractivity contribution in [2.45, 2.75) is 25.6 Å². The molecule has 2 aliphatic rings. The Kier molecular flexibility index (Phi) is 5.68. The van der Waals surface area contributed by atoms with Gasteiger partial charge < -0.3 is 14.2 Å². The van der Waals surface area contributed by atoms with Crippen LogP contribution in [0.4, 0.5) is 0 Å². The van der Waals surface area contributed by atoms with Gasteiger partial charge in [0.25, 0.3) is 6.23 Å². The predicted octanol–water partition coefficient (Wildman–Crippen LogP) is 5.50. The van der Waals surface area contributed by atoms with Gasteiger partial charge in [0, 0.05) is 17.5 Å². The summed E-state index contributed by atoms with van der Waals surface area (Å²) in [5.74, 6) is 1.87. The molecule has 2 heterocycles. The van der Waals surface area contributed by atoms with Crippen LogP contribution >= 0.6 is 11.6 Å². The number of hydrogen-bond donors (Lipinski definition) is 0. The third kappa shape index (κ3) is 3.91. The molecule has 0 spiro atoms. The zero-order chi connectivity index (χ0) is 22.9. The minimum atomic E-state index is -0.867. The van der Waals surface area contributed by atoms with E-state index < -0.39 is 6.23 Å². The van der Waals surface area contributed by atoms with Gasteiger partial charge in [0.2, 0.25) is 5.78 Å². The fourth-order valence-corrected chi connectivity index (χ4v) is 4.47. The first-order valence-corrected chi connectivity index (χ1v) is 11.2. The summed E-state index contributed by atoms with van der Waals surface area (Å²) in [6.45, 7) is 2.46. The maximum absolute atomic E-state index is 13.5. The van der Waals surface area contributed by atoms with Gasteiger partial charge in [0.1, 0.15) is 17.2 Å². The van der Waals surface area contributed by atoms with Gasteiger partial charge in [0.15, 0.2) is 0 Å². The Hall–Kier alpha value is -3.51. The van der Waals surface area contributed by atoms with Gasteiger partial charge in [-0.05, 0) is 61.0 Å². The molecule has 0 saturated carbocycles. The van der Waals surface area contributed by atoms with E-state index in [-0.39, 0.29) is 11.8 Å². The number of carbonyl (C=O) groups is 1. The topological polar surface area (TPSA) is 60.4 Å². The normalized spacial score (nSPS) is 18.6. The van der Waals surface area contributed by atoms with E-state index in [4.69, 9.17) is 30.9 Å². The Labute approximate surface area is 197 Å². The number of methoxy groups -OCH3 is 1. The molecule has 3 aromatic carbocycles. The van der Waals surface area contributed by atoms with Crippen LogP contribution in [0.1, 0.15) is 40.9 Å². The molecule has 0 aliphatic carbocycles. The lowest BCUT2D eigenvalue weighted by Gasteiger charge is -2.37. The lowest BCUT2D eigenvalue weighted by Crippen LogP contribution is -2.45. The molecule has 7 heteroatoms. The number of carbonyl (C=O) groups excluding carboxylic acids is 1. The molecule has 6 nitrogen and oxygen atoms in total. The number of ether oxygens (including phenoxy) is 3.